The highest BCUT2D eigenvalue weighted by atomic mass is 19.1. The molecular weight excluding hydrogens is 176 g/mol. The van der Waals surface area contributed by atoms with E-state index in [1.54, 1.807) is 0 Å². The molecule has 0 fully saturated rings. The first-order valence-electron chi connectivity index (χ1n) is 3.67. The zero-order valence-corrected chi connectivity index (χ0v) is 7.34. The minimum Gasteiger partial charge on any atom is -0.399 e. The van der Waals surface area contributed by atoms with Crippen LogP contribution in [0, 0.1) is 18.6 Å². The molecule has 70 valence electrons. The lowest BCUT2D eigenvalue weighted by Gasteiger charge is -1.99. The normalized spacial score (nSPS) is 10.8. The van der Waals surface area contributed by atoms with E-state index in [0.29, 0.717) is 5.56 Å². The van der Waals surface area contributed by atoms with E-state index in [9.17, 15) is 8.78 Å². The third-order valence-electron chi connectivity index (χ3n) is 1.61. The lowest BCUT2D eigenvalue weighted by molar-refractivity contribution is 0.215. The van der Waals surface area contributed by atoms with Gasteiger partial charge in [0.25, 0.3) is 0 Å². The van der Waals surface area contributed by atoms with Crippen molar-refractivity contribution >= 4 is 6.21 Å². The lowest BCUT2D eigenvalue weighted by atomic mass is 10.1. The summed E-state index contributed by atoms with van der Waals surface area (Å²) in [6.07, 6.45) is 1.24. The molecule has 0 saturated heterocycles. The third-order valence-corrected chi connectivity index (χ3v) is 1.61. The molecule has 0 amide bonds. The highest BCUT2D eigenvalue weighted by molar-refractivity contribution is 5.79. The van der Waals surface area contributed by atoms with Crippen LogP contribution in [0.3, 0.4) is 0 Å². The van der Waals surface area contributed by atoms with Crippen molar-refractivity contribution in [2.45, 2.75) is 6.92 Å². The molecule has 0 unspecified atom stereocenters. The van der Waals surface area contributed by atoms with Gasteiger partial charge in [-0.25, -0.2) is 8.78 Å². The topological polar surface area (TPSA) is 21.6 Å². The molecule has 0 aliphatic rings. The molecule has 0 saturated carbocycles. The van der Waals surface area contributed by atoms with Gasteiger partial charge in [0, 0.05) is 11.1 Å². The Balaban J connectivity index is 3.06. The van der Waals surface area contributed by atoms with Crippen LogP contribution in [0.4, 0.5) is 8.78 Å². The van der Waals surface area contributed by atoms with Crippen LogP contribution in [-0.2, 0) is 4.84 Å². The van der Waals surface area contributed by atoms with E-state index in [2.05, 4.69) is 9.99 Å². The average Bonchev–Trinajstić information content (AvgIpc) is 2.10. The first-order valence-corrected chi connectivity index (χ1v) is 3.67. The van der Waals surface area contributed by atoms with Gasteiger partial charge in [-0.05, 0) is 19.1 Å². The SMILES string of the molecule is CO/N=C/c1cc(F)c(C)c(F)c1. The summed E-state index contributed by atoms with van der Waals surface area (Å²) in [4.78, 5) is 4.38. The predicted molar refractivity (Wildman–Crippen MR) is 45.7 cm³/mol. The second-order valence-electron chi connectivity index (χ2n) is 2.53. The Morgan fingerprint density at radius 2 is 1.85 bits per heavy atom. The molecule has 0 aliphatic heterocycles. The van der Waals surface area contributed by atoms with Crippen molar-refractivity contribution in [3.8, 4) is 0 Å². The molecule has 0 radical (unpaired) electrons. The van der Waals surface area contributed by atoms with Crippen molar-refractivity contribution in [1.82, 2.24) is 0 Å². The number of halogens is 2. The molecule has 1 aromatic rings. The highest BCUT2D eigenvalue weighted by Gasteiger charge is 2.04. The van der Waals surface area contributed by atoms with E-state index in [-0.39, 0.29) is 5.56 Å². The minimum atomic E-state index is -0.586. The molecule has 2 nitrogen and oxygen atoms in total. The Morgan fingerprint density at radius 1 is 1.31 bits per heavy atom. The summed E-state index contributed by atoms with van der Waals surface area (Å²) in [6.45, 7) is 1.38. The minimum absolute atomic E-state index is 0.00886. The lowest BCUT2D eigenvalue weighted by Crippen LogP contribution is -1.92. The second-order valence-corrected chi connectivity index (χ2v) is 2.53. The van der Waals surface area contributed by atoms with Crippen LogP contribution in [0.25, 0.3) is 0 Å². The number of hydrogen-bond donors (Lipinski definition) is 0. The number of nitrogens with zero attached hydrogens (tertiary/aromatic N) is 1. The summed E-state index contributed by atoms with van der Waals surface area (Å²) >= 11 is 0. The van der Waals surface area contributed by atoms with Gasteiger partial charge >= 0.3 is 0 Å². The van der Waals surface area contributed by atoms with Crippen molar-refractivity contribution in [1.29, 1.82) is 0 Å². The molecule has 0 spiro atoms. The number of benzene rings is 1. The van der Waals surface area contributed by atoms with Crippen LogP contribution in [0.15, 0.2) is 17.3 Å². The summed E-state index contributed by atoms with van der Waals surface area (Å²) in [5, 5.41) is 3.40. The van der Waals surface area contributed by atoms with Crippen LogP contribution in [0.1, 0.15) is 11.1 Å². The Morgan fingerprint density at radius 3 is 2.31 bits per heavy atom. The predicted octanol–water partition coefficient (Wildman–Crippen LogP) is 2.25. The van der Waals surface area contributed by atoms with E-state index < -0.39 is 11.6 Å². The van der Waals surface area contributed by atoms with Crippen LogP contribution in [0.5, 0.6) is 0 Å². The van der Waals surface area contributed by atoms with Gasteiger partial charge in [0.05, 0.1) is 6.21 Å². The quantitative estimate of drug-likeness (QED) is 0.511. The molecule has 1 aromatic carbocycles. The third kappa shape index (κ3) is 2.24. The number of oxime groups is 1. The zero-order valence-electron chi connectivity index (χ0n) is 7.34. The summed E-state index contributed by atoms with van der Waals surface area (Å²) in [5.74, 6) is -1.17. The summed E-state index contributed by atoms with van der Waals surface area (Å²) in [7, 11) is 1.36. The van der Waals surface area contributed by atoms with Crippen LogP contribution in [0.2, 0.25) is 0 Å². The largest absolute Gasteiger partial charge is 0.399 e. The standard InChI is InChI=1S/C9H9F2NO/c1-6-8(10)3-7(4-9(6)11)5-12-13-2/h3-5H,1-2H3/b12-5+. The van der Waals surface area contributed by atoms with Crippen molar-refractivity contribution in [2.24, 2.45) is 5.16 Å². The Labute approximate surface area is 74.8 Å². The van der Waals surface area contributed by atoms with Gasteiger partial charge in [0.2, 0.25) is 0 Å². The molecule has 0 aliphatic carbocycles. The van der Waals surface area contributed by atoms with Gasteiger partial charge in [-0.1, -0.05) is 5.16 Å². The van der Waals surface area contributed by atoms with Gasteiger partial charge in [-0.15, -0.1) is 0 Å². The van der Waals surface area contributed by atoms with Crippen LogP contribution in [-0.4, -0.2) is 13.3 Å². The fourth-order valence-corrected chi connectivity index (χ4v) is 0.853. The van der Waals surface area contributed by atoms with Gasteiger partial charge in [-0.3, -0.25) is 0 Å². The Bertz CT molecular complexity index is 313. The maximum absolute atomic E-state index is 12.9. The molecule has 1 rings (SSSR count). The maximum Gasteiger partial charge on any atom is 0.129 e. The van der Waals surface area contributed by atoms with Gasteiger partial charge < -0.3 is 4.84 Å². The second kappa shape index (κ2) is 3.98. The first-order chi connectivity index (χ1) is 6.15. The number of hydrogen-bond acceptors (Lipinski definition) is 2. The van der Waals surface area contributed by atoms with E-state index in [0.717, 1.165) is 0 Å². The Hall–Kier alpha value is -1.45. The van der Waals surface area contributed by atoms with Crippen molar-refractivity contribution in [2.75, 3.05) is 7.11 Å². The zero-order chi connectivity index (χ0) is 9.84. The molecule has 0 bridgehead atoms. The number of rotatable bonds is 2. The van der Waals surface area contributed by atoms with E-state index >= 15 is 0 Å². The Kier molecular flexibility index (Phi) is 2.95. The first kappa shape index (κ1) is 9.64. The maximum atomic E-state index is 12.9. The van der Waals surface area contributed by atoms with Crippen LogP contribution >= 0.6 is 0 Å². The molecular formula is C9H9F2NO. The smallest absolute Gasteiger partial charge is 0.129 e. The summed E-state index contributed by atoms with van der Waals surface area (Å²) < 4.78 is 25.8. The molecule has 0 aromatic heterocycles. The van der Waals surface area contributed by atoms with E-state index in [4.69, 9.17) is 0 Å². The summed E-state index contributed by atoms with van der Waals surface area (Å²) in [5.41, 5.74) is 0.344. The average molecular weight is 185 g/mol. The highest BCUT2D eigenvalue weighted by Crippen LogP contribution is 2.12. The van der Waals surface area contributed by atoms with Gasteiger partial charge in [-0.2, -0.15) is 0 Å². The molecule has 0 atom stereocenters. The fourth-order valence-electron chi connectivity index (χ4n) is 0.853. The molecule has 4 heteroatoms. The molecule has 13 heavy (non-hydrogen) atoms. The van der Waals surface area contributed by atoms with Gasteiger partial charge in [0.15, 0.2) is 0 Å². The molecule has 0 N–H and O–H groups in total. The van der Waals surface area contributed by atoms with Gasteiger partial charge in [0.1, 0.15) is 18.7 Å². The van der Waals surface area contributed by atoms with E-state index in [1.165, 1.54) is 32.4 Å². The molecule has 0 heterocycles. The van der Waals surface area contributed by atoms with Crippen molar-refractivity contribution in [3.63, 3.8) is 0 Å². The van der Waals surface area contributed by atoms with Crippen molar-refractivity contribution in [3.05, 3.63) is 34.9 Å². The van der Waals surface area contributed by atoms with Crippen LogP contribution < -0.4 is 0 Å². The monoisotopic (exact) mass is 185 g/mol. The van der Waals surface area contributed by atoms with E-state index in [1.807, 2.05) is 0 Å². The fraction of sp³-hybridized carbons (Fsp3) is 0.222. The van der Waals surface area contributed by atoms with Crippen molar-refractivity contribution < 1.29 is 13.6 Å². The summed E-state index contributed by atoms with van der Waals surface area (Å²) in [6, 6.07) is 2.39.